The molecular formula is C21H19N3O2. The van der Waals surface area contributed by atoms with Gasteiger partial charge in [0.2, 0.25) is 0 Å². The number of aromatic nitrogens is 1. The van der Waals surface area contributed by atoms with Crippen LogP contribution in [0, 0.1) is 11.3 Å². The van der Waals surface area contributed by atoms with Crippen LogP contribution in [0.4, 0.5) is 5.82 Å². The van der Waals surface area contributed by atoms with E-state index >= 15 is 0 Å². The maximum atomic E-state index is 9.76. The second-order valence-electron chi connectivity index (χ2n) is 5.48. The maximum Gasteiger partial charge on any atom is 0.176 e. The van der Waals surface area contributed by atoms with E-state index in [9.17, 15) is 5.26 Å². The molecule has 130 valence electrons. The summed E-state index contributed by atoms with van der Waals surface area (Å²) in [5, 5.41) is 9.76. The van der Waals surface area contributed by atoms with Gasteiger partial charge in [-0.25, -0.2) is 4.99 Å². The molecule has 3 aromatic rings. The Kier molecular flexibility index (Phi) is 5.35. The largest absolute Gasteiger partial charge is 0.497 e. The zero-order chi connectivity index (χ0) is 18.4. The molecule has 26 heavy (non-hydrogen) atoms. The average Bonchev–Trinajstić information content (AvgIpc) is 3.07. The van der Waals surface area contributed by atoms with Crippen LogP contribution in [-0.2, 0) is 4.74 Å². The van der Waals surface area contributed by atoms with Gasteiger partial charge in [0.1, 0.15) is 17.4 Å². The summed E-state index contributed by atoms with van der Waals surface area (Å²) in [6, 6.07) is 19.7. The Morgan fingerprint density at radius 3 is 2.46 bits per heavy atom. The van der Waals surface area contributed by atoms with Gasteiger partial charge in [-0.2, -0.15) is 5.26 Å². The van der Waals surface area contributed by atoms with E-state index in [1.54, 1.807) is 7.11 Å². The van der Waals surface area contributed by atoms with Crippen LogP contribution >= 0.6 is 0 Å². The van der Waals surface area contributed by atoms with Crippen LogP contribution in [0.25, 0.3) is 16.8 Å². The number of benzene rings is 2. The summed E-state index contributed by atoms with van der Waals surface area (Å²) < 4.78 is 12.4. The minimum Gasteiger partial charge on any atom is -0.497 e. The Bertz CT molecular complexity index is 936. The first-order valence-electron chi connectivity index (χ1n) is 8.28. The van der Waals surface area contributed by atoms with Gasteiger partial charge in [-0.15, -0.1) is 0 Å². The van der Waals surface area contributed by atoms with Gasteiger partial charge in [0.25, 0.3) is 0 Å². The molecule has 0 fully saturated rings. The molecule has 3 rings (SSSR count). The first-order chi connectivity index (χ1) is 12.8. The van der Waals surface area contributed by atoms with Crippen molar-refractivity contribution >= 4 is 12.2 Å². The monoisotopic (exact) mass is 345 g/mol. The zero-order valence-electron chi connectivity index (χ0n) is 14.7. The van der Waals surface area contributed by atoms with Gasteiger partial charge in [-0.1, -0.05) is 30.3 Å². The van der Waals surface area contributed by atoms with Gasteiger partial charge in [0.05, 0.1) is 13.7 Å². The molecule has 0 spiro atoms. The lowest BCUT2D eigenvalue weighted by atomic mass is 10.1. The highest BCUT2D eigenvalue weighted by atomic mass is 16.5. The second-order valence-corrected chi connectivity index (χ2v) is 5.48. The van der Waals surface area contributed by atoms with Crippen molar-refractivity contribution in [3.8, 4) is 28.6 Å². The van der Waals surface area contributed by atoms with Crippen LogP contribution in [-0.4, -0.2) is 24.7 Å². The molecule has 0 aliphatic carbocycles. The smallest absolute Gasteiger partial charge is 0.176 e. The second kappa shape index (κ2) is 8.04. The fraction of sp³-hybridized carbons (Fsp3) is 0.143. The Labute approximate surface area is 152 Å². The van der Waals surface area contributed by atoms with Crippen molar-refractivity contribution in [2.45, 2.75) is 6.92 Å². The first kappa shape index (κ1) is 17.3. The molecule has 0 bridgehead atoms. The molecule has 1 heterocycles. The number of nitrogens with zero attached hydrogens (tertiary/aromatic N) is 3. The normalized spacial score (nSPS) is 10.7. The number of ether oxygens (including phenoxy) is 2. The quantitative estimate of drug-likeness (QED) is 0.480. The van der Waals surface area contributed by atoms with E-state index in [1.165, 1.54) is 6.40 Å². The van der Waals surface area contributed by atoms with Crippen LogP contribution in [0.2, 0.25) is 0 Å². The van der Waals surface area contributed by atoms with Crippen molar-refractivity contribution in [2.75, 3.05) is 13.7 Å². The van der Waals surface area contributed by atoms with Gasteiger partial charge in [-0.3, -0.25) is 4.57 Å². The third kappa shape index (κ3) is 3.45. The van der Waals surface area contributed by atoms with Crippen LogP contribution in [0.15, 0.2) is 65.8 Å². The highest BCUT2D eigenvalue weighted by molar-refractivity contribution is 5.79. The molecule has 0 saturated heterocycles. The summed E-state index contributed by atoms with van der Waals surface area (Å²) in [4.78, 5) is 4.39. The Balaban J connectivity index is 2.18. The molecule has 0 radical (unpaired) electrons. The topological polar surface area (TPSA) is 59.5 Å². The summed E-state index contributed by atoms with van der Waals surface area (Å²) in [5.41, 5.74) is 3.17. The van der Waals surface area contributed by atoms with Crippen LogP contribution < -0.4 is 4.74 Å². The Morgan fingerprint density at radius 2 is 1.85 bits per heavy atom. The van der Waals surface area contributed by atoms with E-state index in [1.807, 2.05) is 72.3 Å². The molecule has 2 aromatic carbocycles. The minimum absolute atomic E-state index is 0.503. The number of hydrogen-bond acceptors (Lipinski definition) is 4. The van der Waals surface area contributed by atoms with Gasteiger partial charge in [0.15, 0.2) is 12.2 Å². The molecule has 5 heteroatoms. The molecule has 0 aliphatic heterocycles. The van der Waals surface area contributed by atoms with Crippen LogP contribution in [0.5, 0.6) is 5.75 Å². The van der Waals surface area contributed by atoms with Crippen molar-refractivity contribution in [1.82, 2.24) is 4.57 Å². The Hall–Kier alpha value is -3.52. The molecule has 0 saturated carbocycles. The summed E-state index contributed by atoms with van der Waals surface area (Å²) in [6.45, 7) is 2.40. The van der Waals surface area contributed by atoms with Crippen LogP contribution in [0.1, 0.15) is 12.5 Å². The van der Waals surface area contributed by atoms with Crippen molar-refractivity contribution in [3.05, 3.63) is 66.4 Å². The van der Waals surface area contributed by atoms with Crippen molar-refractivity contribution in [1.29, 1.82) is 5.26 Å². The van der Waals surface area contributed by atoms with Crippen molar-refractivity contribution in [2.24, 2.45) is 4.99 Å². The van der Waals surface area contributed by atoms with E-state index in [0.29, 0.717) is 18.0 Å². The Morgan fingerprint density at radius 1 is 1.12 bits per heavy atom. The highest BCUT2D eigenvalue weighted by Crippen LogP contribution is 2.35. The van der Waals surface area contributed by atoms with E-state index in [2.05, 4.69) is 11.1 Å². The van der Waals surface area contributed by atoms with E-state index in [4.69, 9.17) is 9.47 Å². The lowest BCUT2D eigenvalue weighted by Crippen LogP contribution is -1.93. The highest BCUT2D eigenvalue weighted by Gasteiger charge is 2.17. The average molecular weight is 345 g/mol. The zero-order valence-corrected chi connectivity index (χ0v) is 14.7. The van der Waals surface area contributed by atoms with Gasteiger partial charge in [0, 0.05) is 17.4 Å². The van der Waals surface area contributed by atoms with E-state index < -0.39 is 0 Å². The summed E-state index contributed by atoms with van der Waals surface area (Å²) >= 11 is 0. The summed E-state index contributed by atoms with van der Waals surface area (Å²) in [6.07, 6.45) is 3.30. The molecule has 0 amide bonds. The molecule has 0 atom stereocenters. The minimum atomic E-state index is 0.503. The standard InChI is InChI=1S/C21H19N3O2/c1-3-26-15-23-21-19(13-22)20(16-7-5-4-6-8-16)14-24(21)17-9-11-18(25-2)12-10-17/h4-12,14-15H,3H2,1-2H3/b23-15+. The number of hydrogen-bond donors (Lipinski definition) is 0. The van der Waals surface area contributed by atoms with Gasteiger partial charge >= 0.3 is 0 Å². The van der Waals surface area contributed by atoms with Crippen molar-refractivity contribution in [3.63, 3.8) is 0 Å². The first-order valence-corrected chi connectivity index (χ1v) is 8.28. The summed E-state index contributed by atoms with van der Waals surface area (Å²) in [5.74, 6) is 1.30. The van der Waals surface area contributed by atoms with Crippen molar-refractivity contribution < 1.29 is 9.47 Å². The summed E-state index contributed by atoms with van der Waals surface area (Å²) in [7, 11) is 1.63. The number of rotatable bonds is 6. The maximum absolute atomic E-state index is 9.76. The number of aliphatic imine (C=N–C) groups is 1. The fourth-order valence-electron chi connectivity index (χ4n) is 2.67. The van der Waals surface area contributed by atoms with Gasteiger partial charge < -0.3 is 9.47 Å². The molecular weight excluding hydrogens is 326 g/mol. The third-order valence-corrected chi connectivity index (χ3v) is 3.94. The van der Waals surface area contributed by atoms with Gasteiger partial charge in [-0.05, 0) is 36.8 Å². The molecule has 0 unspecified atom stereocenters. The molecule has 1 aromatic heterocycles. The van der Waals surface area contributed by atoms with Crippen LogP contribution in [0.3, 0.4) is 0 Å². The predicted molar refractivity (Wildman–Crippen MR) is 102 cm³/mol. The third-order valence-electron chi connectivity index (χ3n) is 3.94. The molecule has 0 N–H and O–H groups in total. The van der Waals surface area contributed by atoms with E-state index in [0.717, 1.165) is 22.6 Å². The lowest BCUT2D eigenvalue weighted by molar-refractivity contribution is 0.344. The molecule has 5 nitrogen and oxygen atoms in total. The predicted octanol–water partition coefficient (Wildman–Crippen LogP) is 4.72. The van der Waals surface area contributed by atoms with E-state index in [-0.39, 0.29) is 0 Å². The number of nitriles is 1. The molecule has 0 aliphatic rings. The SMILES string of the molecule is CCO/C=N/c1c(C#N)c(-c2ccccc2)cn1-c1ccc(OC)cc1. The fourth-order valence-corrected chi connectivity index (χ4v) is 2.67. The number of methoxy groups -OCH3 is 1. The lowest BCUT2D eigenvalue weighted by Gasteiger charge is -2.07.